The molecule has 0 bridgehead atoms. The summed E-state index contributed by atoms with van der Waals surface area (Å²) in [7, 11) is 2.12. The molecule has 2 aromatic rings. The summed E-state index contributed by atoms with van der Waals surface area (Å²) in [4.78, 5) is 23.7. The molecule has 2 N–H and O–H groups in total. The molecule has 1 atom stereocenters. The lowest BCUT2D eigenvalue weighted by atomic mass is 10.1. The van der Waals surface area contributed by atoms with E-state index in [1.165, 1.54) is 0 Å². The van der Waals surface area contributed by atoms with Gasteiger partial charge in [-0.25, -0.2) is 14.5 Å². The minimum absolute atomic E-state index is 0.131. The van der Waals surface area contributed by atoms with Gasteiger partial charge < -0.3 is 14.7 Å². The van der Waals surface area contributed by atoms with Crippen LogP contribution in [0.1, 0.15) is 37.6 Å². The number of hydrogen-bond donors (Lipinski definition) is 2. The van der Waals surface area contributed by atoms with Gasteiger partial charge in [-0.3, -0.25) is 10.1 Å². The van der Waals surface area contributed by atoms with Crippen LogP contribution in [0.5, 0.6) is 5.75 Å². The minimum Gasteiger partial charge on any atom is -0.506 e. The largest absolute Gasteiger partial charge is 0.506 e. The number of nitrogens with one attached hydrogen (secondary N) is 1. The summed E-state index contributed by atoms with van der Waals surface area (Å²) in [6.07, 6.45) is 2.32. The molecule has 8 nitrogen and oxygen atoms in total. The van der Waals surface area contributed by atoms with Gasteiger partial charge in [0.15, 0.2) is 5.69 Å². The highest BCUT2D eigenvalue weighted by atomic mass is 16.5. The summed E-state index contributed by atoms with van der Waals surface area (Å²) < 4.78 is 5.47. The highest BCUT2D eigenvalue weighted by Gasteiger charge is 2.43. The third-order valence-corrected chi connectivity index (χ3v) is 6.50. The lowest BCUT2D eigenvalue weighted by molar-refractivity contribution is -0.143. The lowest BCUT2D eigenvalue weighted by Gasteiger charge is -2.32. The Labute approximate surface area is 195 Å². The van der Waals surface area contributed by atoms with Gasteiger partial charge in [0.2, 0.25) is 0 Å². The van der Waals surface area contributed by atoms with E-state index in [9.17, 15) is 9.90 Å². The van der Waals surface area contributed by atoms with Gasteiger partial charge in [-0.2, -0.15) is 0 Å². The second-order valence-electron chi connectivity index (χ2n) is 8.99. The van der Waals surface area contributed by atoms with Crippen molar-refractivity contribution < 1.29 is 14.6 Å². The summed E-state index contributed by atoms with van der Waals surface area (Å²) in [5, 5.41) is 14.0. The molecule has 33 heavy (non-hydrogen) atoms. The number of anilines is 1. The number of esters is 1. The van der Waals surface area contributed by atoms with Gasteiger partial charge in [0.05, 0.1) is 26.1 Å². The number of quaternary nitrogens is 1. The number of benzene rings is 1. The fraction of sp³-hybridized carbons (Fsp3) is 0.480. The van der Waals surface area contributed by atoms with Crippen molar-refractivity contribution in [3.05, 3.63) is 47.8 Å². The van der Waals surface area contributed by atoms with E-state index in [4.69, 9.17) is 9.73 Å². The van der Waals surface area contributed by atoms with Crippen LogP contribution >= 0.6 is 0 Å². The molecule has 4 rings (SSSR count). The van der Waals surface area contributed by atoms with Crippen LogP contribution in [0.3, 0.4) is 0 Å². The van der Waals surface area contributed by atoms with Crippen molar-refractivity contribution in [2.24, 2.45) is 4.99 Å². The number of carbonyl (C=O) groups excluding carboxylic acids is 1. The van der Waals surface area contributed by atoms with Gasteiger partial charge in [-0.05, 0) is 44.9 Å². The molecule has 0 saturated carbocycles. The van der Waals surface area contributed by atoms with E-state index < -0.39 is 0 Å². The molecule has 0 aliphatic carbocycles. The Kier molecular flexibility index (Phi) is 6.95. The van der Waals surface area contributed by atoms with Crippen LogP contribution in [-0.2, 0) is 16.1 Å². The first kappa shape index (κ1) is 23.2. The minimum atomic E-state index is -0.131. The highest BCUT2D eigenvalue weighted by molar-refractivity contribution is 6.10. The van der Waals surface area contributed by atoms with E-state index in [0.717, 1.165) is 55.5 Å². The van der Waals surface area contributed by atoms with Crippen LogP contribution in [0.4, 0.5) is 11.4 Å². The molecule has 1 fully saturated rings. The Balaban J connectivity index is 1.49. The van der Waals surface area contributed by atoms with Crippen molar-refractivity contribution in [2.75, 3.05) is 38.6 Å². The molecule has 8 heteroatoms. The van der Waals surface area contributed by atoms with Crippen molar-refractivity contribution >= 4 is 23.3 Å². The van der Waals surface area contributed by atoms with E-state index in [2.05, 4.69) is 34.4 Å². The first-order chi connectivity index (χ1) is 15.9. The maximum atomic E-state index is 11.7. The average Bonchev–Trinajstić information content (AvgIpc) is 3.07. The normalized spacial score (nSPS) is 22.2. The Morgan fingerprint density at radius 2 is 2.03 bits per heavy atom. The van der Waals surface area contributed by atoms with Gasteiger partial charge in [-0.1, -0.05) is 12.1 Å². The van der Waals surface area contributed by atoms with Crippen LogP contribution in [0.25, 0.3) is 0 Å². The molecule has 2 aliphatic heterocycles. The van der Waals surface area contributed by atoms with Crippen LogP contribution in [-0.4, -0.2) is 66.2 Å². The number of carbonyl (C=O) groups is 1. The predicted octanol–water partition coefficient (Wildman–Crippen LogP) is 3.43. The highest BCUT2D eigenvalue weighted by Crippen LogP contribution is 2.39. The van der Waals surface area contributed by atoms with Gasteiger partial charge >= 0.3 is 11.9 Å². The Morgan fingerprint density at radius 3 is 2.79 bits per heavy atom. The first-order valence-corrected chi connectivity index (χ1v) is 11.7. The number of piperidine rings is 1. The Bertz CT molecular complexity index is 1030. The number of rotatable bonds is 7. The third kappa shape index (κ3) is 5.17. The van der Waals surface area contributed by atoms with Crippen LogP contribution < -0.4 is 9.80 Å². The zero-order valence-corrected chi connectivity index (χ0v) is 19.8. The Morgan fingerprint density at radius 1 is 1.27 bits per heavy atom. The number of aromatic nitrogens is 1. The number of guanidine groups is 1. The van der Waals surface area contributed by atoms with Crippen LogP contribution in [0.2, 0.25) is 0 Å². The van der Waals surface area contributed by atoms with Crippen LogP contribution in [0.15, 0.2) is 41.4 Å². The number of ether oxygens (including phenoxy) is 1. The number of aliphatic imine (C=N–C) groups is 1. The van der Waals surface area contributed by atoms with Crippen LogP contribution in [0, 0.1) is 6.92 Å². The number of para-hydroxylation sites is 2. The van der Waals surface area contributed by atoms with Gasteiger partial charge in [-0.15, -0.1) is 0 Å². The van der Waals surface area contributed by atoms with Crippen molar-refractivity contribution in [2.45, 2.75) is 45.7 Å². The van der Waals surface area contributed by atoms with E-state index in [1.54, 1.807) is 6.07 Å². The molecule has 176 valence electrons. The molecule has 3 heterocycles. The summed E-state index contributed by atoms with van der Waals surface area (Å²) in [6.45, 7) is 7.27. The number of aromatic hydroxyl groups is 1. The quantitative estimate of drug-likeness (QED) is 0.494. The first-order valence-electron chi connectivity index (χ1n) is 11.7. The molecule has 1 aromatic heterocycles. The number of likely N-dealkylation sites (tertiary alicyclic amines) is 1. The molecule has 1 saturated heterocycles. The maximum absolute atomic E-state index is 11.7. The number of nitrogens with zero attached hydrogens (tertiary/aromatic N) is 4. The topological polar surface area (TPSA) is 87.0 Å². The molecule has 0 spiro atoms. The third-order valence-electron chi connectivity index (χ3n) is 6.50. The van der Waals surface area contributed by atoms with Crippen molar-refractivity contribution in [1.82, 2.24) is 14.4 Å². The summed E-state index contributed by atoms with van der Waals surface area (Å²) in [5.74, 6) is 0.955. The van der Waals surface area contributed by atoms with Crippen molar-refractivity contribution in [3.8, 4) is 5.75 Å². The molecule has 1 aromatic carbocycles. The smallest absolute Gasteiger partial charge is 0.307 e. The van der Waals surface area contributed by atoms with E-state index >= 15 is 0 Å². The van der Waals surface area contributed by atoms with E-state index in [0.29, 0.717) is 29.7 Å². The Hall–Kier alpha value is -2.97. The average molecular weight is 453 g/mol. The fourth-order valence-electron chi connectivity index (χ4n) is 4.63. The molecule has 0 amide bonds. The van der Waals surface area contributed by atoms with Gasteiger partial charge in [0.1, 0.15) is 23.7 Å². The summed E-state index contributed by atoms with van der Waals surface area (Å²) in [6, 6.07) is 12.0. The second kappa shape index (κ2) is 9.89. The number of aryl methyl sites for hydroxylation is 1. The number of hydrogen-bond acceptors (Lipinski definition) is 6. The summed E-state index contributed by atoms with van der Waals surface area (Å²) >= 11 is 0. The van der Waals surface area contributed by atoms with Crippen molar-refractivity contribution in [1.29, 1.82) is 0 Å². The summed E-state index contributed by atoms with van der Waals surface area (Å²) in [5.41, 5.74) is 3.70. The van der Waals surface area contributed by atoms with Crippen molar-refractivity contribution in [3.63, 3.8) is 0 Å². The zero-order chi connectivity index (χ0) is 23.4. The predicted molar refractivity (Wildman–Crippen MR) is 130 cm³/mol. The monoisotopic (exact) mass is 452 g/mol. The SMILES string of the molecule is CCOC(=O)CCN1CCC(N=C2Nc3ccccc3[N+]2(C)Cc2nc(C)ccc2O)CC1. The molecule has 2 aliphatic rings. The van der Waals surface area contributed by atoms with E-state index in [-0.39, 0.29) is 17.8 Å². The fourth-order valence-corrected chi connectivity index (χ4v) is 4.63. The second-order valence-corrected chi connectivity index (χ2v) is 8.99. The lowest BCUT2D eigenvalue weighted by Crippen LogP contribution is -2.50. The van der Waals surface area contributed by atoms with E-state index in [1.807, 2.05) is 32.0 Å². The molecule has 0 radical (unpaired) electrons. The van der Waals surface area contributed by atoms with Gasteiger partial charge in [0, 0.05) is 31.4 Å². The standard InChI is InChI=1S/C25H33N5O3/c1-4-33-24(32)13-16-29-14-11-19(12-15-29)27-25-28-20-7-5-6-8-22(20)30(25,3)17-21-23(31)10-9-18(2)26-21/h5-10,19H,4,11-17H2,1-3H3,(H-,27,28,31)/p+1. The molecular weight excluding hydrogens is 418 g/mol. The number of pyridine rings is 1. The number of fused-ring (bicyclic) bond motifs is 1. The zero-order valence-electron chi connectivity index (χ0n) is 19.8. The molecular formula is C25H34N5O3+. The molecule has 1 unspecified atom stereocenters. The van der Waals surface area contributed by atoms with Gasteiger partial charge in [0.25, 0.3) is 0 Å². The maximum Gasteiger partial charge on any atom is 0.307 e.